The number of carbonyl (C=O) groups excluding carboxylic acids is 1. The van der Waals surface area contributed by atoms with Crippen LogP contribution in [-0.2, 0) is 10.0 Å². The molecule has 0 aliphatic rings. The molecule has 2 N–H and O–H groups in total. The van der Waals surface area contributed by atoms with Crippen molar-refractivity contribution in [2.24, 2.45) is 0 Å². The van der Waals surface area contributed by atoms with Crippen molar-refractivity contribution in [2.75, 3.05) is 11.6 Å². The number of hydrogen-bond donors (Lipinski definition) is 2. The molecule has 0 spiro atoms. The summed E-state index contributed by atoms with van der Waals surface area (Å²) in [6.45, 7) is 0. The van der Waals surface area contributed by atoms with Crippen LogP contribution in [-0.4, -0.2) is 30.5 Å². The van der Waals surface area contributed by atoms with Crippen LogP contribution in [0.5, 0.6) is 0 Å². The van der Waals surface area contributed by atoms with Crippen LogP contribution in [0.4, 0.5) is 11.5 Å². The summed E-state index contributed by atoms with van der Waals surface area (Å²) in [5, 5.41) is 6.32. The third kappa shape index (κ3) is 4.13. The Bertz CT molecular complexity index is 1370. The summed E-state index contributed by atoms with van der Waals surface area (Å²) < 4.78 is 24.7. The molecule has 0 bridgehead atoms. The topological polar surface area (TPSA) is 101 Å². The van der Waals surface area contributed by atoms with Crippen LogP contribution in [0, 0.1) is 0 Å². The van der Waals surface area contributed by atoms with E-state index in [2.05, 4.69) is 15.3 Å². The van der Waals surface area contributed by atoms with Crippen LogP contribution in [0.3, 0.4) is 0 Å². The number of sulfonamides is 1. The van der Waals surface area contributed by atoms with Gasteiger partial charge in [0.05, 0.1) is 11.8 Å². The van der Waals surface area contributed by atoms with Gasteiger partial charge in [-0.15, -0.1) is 0 Å². The molecule has 2 aromatic carbocycles. The number of halogens is 1. The number of amides is 1. The number of aromatic nitrogens is 2. The molecule has 0 fully saturated rings. The van der Waals surface area contributed by atoms with Gasteiger partial charge >= 0.3 is 0 Å². The summed E-state index contributed by atoms with van der Waals surface area (Å²) in [4.78, 5) is 21.1. The lowest BCUT2D eigenvalue weighted by Crippen LogP contribution is -2.29. The lowest BCUT2D eigenvalue weighted by Gasteiger charge is -2.12. The van der Waals surface area contributed by atoms with E-state index in [0.29, 0.717) is 16.4 Å². The van der Waals surface area contributed by atoms with E-state index in [1.165, 1.54) is 0 Å². The Morgan fingerprint density at radius 1 is 1.03 bits per heavy atom. The van der Waals surface area contributed by atoms with E-state index in [4.69, 9.17) is 11.6 Å². The molecule has 0 radical (unpaired) electrons. The number of fused-ring (bicyclic) bond motifs is 3. The van der Waals surface area contributed by atoms with Crippen molar-refractivity contribution in [3.05, 3.63) is 71.5 Å². The van der Waals surface area contributed by atoms with E-state index in [0.717, 1.165) is 28.1 Å². The molecule has 146 valence electrons. The molecule has 0 saturated carbocycles. The SMILES string of the molecule is CS(=O)(=O)NC(=O)c1ccc2c(c1)nc(Nc1cccc(Cl)c1)c1ccncc12. The Labute approximate surface area is 171 Å². The second-order valence-corrected chi connectivity index (χ2v) is 8.64. The Morgan fingerprint density at radius 2 is 1.86 bits per heavy atom. The van der Waals surface area contributed by atoms with Crippen LogP contribution >= 0.6 is 11.6 Å². The molecule has 0 atom stereocenters. The average molecular weight is 427 g/mol. The fourth-order valence-electron chi connectivity index (χ4n) is 3.01. The zero-order valence-corrected chi connectivity index (χ0v) is 16.8. The molecule has 9 heteroatoms. The zero-order chi connectivity index (χ0) is 20.6. The van der Waals surface area contributed by atoms with Crippen LogP contribution < -0.4 is 10.0 Å². The Balaban J connectivity index is 1.86. The maximum atomic E-state index is 12.2. The van der Waals surface area contributed by atoms with Crippen LogP contribution in [0.25, 0.3) is 21.7 Å². The van der Waals surface area contributed by atoms with Gasteiger partial charge in [-0.05, 0) is 36.4 Å². The number of rotatable bonds is 4. The average Bonchev–Trinajstić information content (AvgIpc) is 2.66. The molecule has 0 aliphatic carbocycles. The molecule has 0 unspecified atom stereocenters. The fraction of sp³-hybridized carbons (Fsp3) is 0.0500. The first-order chi connectivity index (χ1) is 13.8. The molecule has 4 aromatic rings. The van der Waals surface area contributed by atoms with Crippen molar-refractivity contribution in [2.45, 2.75) is 0 Å². The maximum absolute atomic E-state index is 12.2. The fourth-order valence-corrected chi connectivity index (χ4v) is 3.66. The minimum Gasteiger partial charge on any atom is -0.340 e. The minimum atomic E-state index is -3.67. The summed E-state index contributed by atoms with van der Waals surface area (Å²) in [5.74, 6) is -0.148. The lowest BCUT2D eigenvalue weighted by molar-refractivity contribution is 0.0982. The molecule has 2 heterocycles. The quantitative estimate of drug-likeness (QED) is 0.480. The first-order valence-electron chi connectivity index (χ1n) is 8.52. The number of hydrogen-bond acceptors (Lipinski definition) is 6. The predicted octanol–water partition coefficient (Wildman–Crippen LogP) is 3.87. The van der Waals surface area contributed by atoms with Gasteiger partial charge in [0, 0.05) is 44.8 Å². The van der Waals surface area contributed by atoms with E-state index >= 15 is 0 Å². The summed E-state index contributed by atoms with van der Waals surface area (Å²) in [7, 11) is -3.67. The standard InChI is InChI=1S/C20H15ClN4O3S/c1-29(27,28)25-20(26)12-5-6-15-17-11-22-8-7-16(17)19(24-18(15)9-12)23-14-4-2-3-13(21)10-14/h2-11H,1H3,(H,23,24)(H,25,26). The molecule has 1 amide bonds. The normalized spacial score (nSPS) is 11.5. The molecular formula is C20H15ClN4O3S. The lowest BCUT2D eigenvalue weighted by atomic mass is 10.1. The number of carbonyl (C=O) groups is 1. The molecule has 2 aromatic heterocycles. The summed E-state index contributed by atoms with van der Waals surface area (Å²) in [6.07, 6.45) is 4.32. The van der Waals surface area contributed by atoms with Gasteiger partial charge in [0.1, 0.15) is 5.82 Å². The second kappa shape index (κ2) is 7.31. The van der Waals surface area contributed by atoms with E-state index in [9.17, 15) is 13.2 Å². The molecule has 4 rings (SSSR count). The van der Waals surface area contributed by atoms with E-state index in [1.807, 2.05) is 22.9 Å². The first-order valence-corrected chi connectivity index (χ1v) is 10.8. The number of anilines is 2. The highest BCUT2D eigenvalue weighted by Crippen LogP contribution is 2.31. The van der Waals surface area contributed by atoms with Gasteiger partial charge < -0.3 is 5.32 Å². The summed E-state index contributed by atoms with van der Waals surface area (Å²) in [6, 6.07) is 13.9. The Morgan fingerprint density at radius 3 is 2.62 bits per heavy atom. The molecular weight excluding hydrogens is 412 g/mol. The van der Waals surface area contributed by atoms with Crippen molar-refractivity contribution in [3.63, 3.8) is 0 Å². The smallest absolute Gasteiger partial charge is 0.264 e. The highest BCUT2D eigenvalue weighted by Gasteiger charge is 2.14. The number of benzene rings is 2. The summed E-state index contributed by atoms with van der Waals surface area (Å²) in [5.41, 5.74) is 1.47. The minimum absolute atomic E-state index is 0.187. The third-order valence-corrected chi connectivity index (χ3v) is 5.02. The van der Waals surface area contributed by atoms with Gasteiger partial charge in [-0.1, -0.05) is 23.7 Å². The second-order valence-electron chi connectivity index (χ2n) is 6.45. The largest absolute Gasteiger partial charge is 0.340 e. The van der Waals surface area contributed by atoms with Gasteiger partial charge in [-0.3, -0.25) is 9.78 Å². The van der Waals surface area contributed by atoms with Crippen molar-refractivity contribution in [3.8, 4) is 0 Å². The Hall–Kier alpha value is -3.23. The maximum Gasteiger partial charge on any atom is 0.264 e. The highest BCUT2D eigenvalue weighted by molar-refractivity contribution is 7.89. The van der Waals surface area contributed by atoms with Gasteiger partial charge in [0.15, 0.2) is 0 Å². The van der Waals surface area contributed by atoms with E-state index in [-0.39, 0.29) is 5.56 Å². The first kappa shape index (κ1) is 19.1. The van der Waals surface area contributed by atoms with Crippen molar-refractivity contribution in [1.29, 1.82) is 0 Å². The molecule has 0 saturated heterocycles. The van der Waals surface area contributed by atoms with Gasteiger partial charge in [-0.2, -0.15) is 0 Å². The zero-order valence-electron chi connectivity index (χ0n) is 15.2. The third-order valence-electron chi connectivity index (χ3n) is 4.22. The predicted molar refractivity (Wildman–Crippen MR) is 114 cm³/mol. The monoisotopic (exact) mass is 426 g/mol. The number of nitrogens with zero attached hydrogens (tertiary/aromatic N) is 2. The van der Waals surface area contributed by atoms with Crippen LogP contribution in [0.1, 0.15) is 10.4 Å². The van der Waals surface area contributed by atoms with Crippen molar-refractivity contribution < 1.29 is 13.2 Å². The van der Waals surface area contributed by atoms with E-state index in [1.54, 1.807) is 42.7 Å². The van der Waals surface area contributed by atoms with Gasteiger partial charge in [-0.25, -0.2) is 18.1 Å². The van der Waals surface area contributed by atoms with Crippen molar-refractivity contribution >= 4 is 60.7 Å². The van der Waals surface area contributed by atoms with Crippen molar-refractivity contribution in [1.82, 2.24) is 14.7 Å². The number of nitrogens with one attached hydrogen (secondary N) is 2. The highest BCUT2D eigenvalue weighted by atomic mass is 35.5. The molecule has 7 nitrogen and oxygen atoms in total. The van der Waals surface area contributed by atoms with Gasteiger partial charge in [0.2, 0.25) is 10.0 Å². The summed E-state index contributed by atoms with van der Waals surface area (Å²) >= 11 is 6.07. The number of pyridine rings is 2. The van der Waals surface area contributed by atoms with Crippen LogP contribution in [0.2, 0.25) is 5.02 Å². The molecule has 29 heavy (non-hydrogen) atoms. The van der Waals surface area contributed by atoms with Crippen LogP contribution in [0.15, 0.2) is 60.9 Å². The molecule has 0 aliphatic heterocycles. The van der Waals surface area contributed by atoms with Gasteiger partial charge in [0.25, 0.3) is 5.91 Å². The van der Waals surface area contributed by atoms with E-state index < -0.39 is 15.9 Å². The Kier molecular flexibility index (Phi) is 4.81.